The fourth-order valence-corrected chi connectivity index (χ4v) is 2.62. The third-order valence-electron chi connectivity index (χ3n) is 3.45. The first kappa shape index (κ1) is 22.3. The Morgan fingerprint density at radius 3 is 2.21 bits per heavy atom. The van der Waals surface area contributed by atoms with Crippen molar-refractivity contribution >= 4 is 35.6 Å². The largest absolute Gasteiger partial charge is 0.483 e. The lowest BCUT2D eigenvalue weighted by atomic mass is 10.1. The normalized spacial score (nSPS) is 13.9. The van der Waals surface area contributed by atoms with E-state index in [4.69, 9.17) is 27.9 Å². The molecule has 5 nitrogen and oxygen atoms in total. The third kappa shape index (κ3) is 4.88. The lowest BCUT2D eigenvalue weighted by Crippen LogP contribution is -2.19. The highest BCUT2D eigenvalue weighted by atomic mass is 35.5. The first-order valence-electron chi connectivity index (χ1n) is 7.60. The summed E-state index contributed by atoms with van der Waals surface area (Å²) in [6.45, 7) is 2.68. The highest BCUT2D eigenvalue weighted by Crippen LogP contribution is 2.39. The maximum absolute atomic E-state index is 13.0. The number of nitrogens with zero attached hydrogens (tertiary/aromatic N) is 4. The monoisotopic (exact) mass is 448 g/mol. The summed E-state index contributed by atoms with van der Waals surface area (Å²) in [5, 5.41) is 2.71. The van der Waals surface area contributed by atoms with Gasteiger partial charge in [-0.2, -0.15) is 41.0 Å². The fraction of sp³-hybridized carbons (Fsp3) is 0.400. The molecule has 0 spiro atoms. The average Bonchev–Trinajstić information content (AvgIpc) is 2.95. The molecule has 0 radical (unpaired) electrons. The zero-order valence-corrected chi connectivity index (χ0v) is 15.7. The van der Waals surface area contributed by atoms with Crippen LogP contribution in [0.1, 0.15) is 31.2 Å². The van der Waals surface area contributed by atoms with Gasteiger partial charge in [-0.1, -0.05) is 23.2 Å². The van der Waals surface area contributed by atoms with Gasteiger partial charge in [-0.15, -0.1) is 5.10 Å². The molecule has 0 aliphatic carbocycles. The van der Waals surface area contributed by atoms with Gasteiger partial charge in [-0.25, -0.2) is 0 Å². The standard InChI is InChI=1S/C15H12Cl2F6N4O/c1-3-28-6-24-13-25-12(7(2)14(18,19)20)26-27(13)11-9(16)4-8(5-10(11)17)15(21,22)23/h4-7H,3H2,1-2H3/b24-6+. The van der Waals surface area contributed by atoms with Gasteiger partial charge in [0.1, 0.15) is 11.6 Å². The van der Waals surface area contributed by atoms with Crippen molar-refractivity contribution in [2.24, 2.45) is 4.99 Å². The van der Waals surface area contributed by atoms with Crippen molar-refractivity contribution < 1.29 is 31.1 Å². The Labute approximate surface area is 164 Å². The summed E-state index contributed by atoms with van der Waals surface area (Å²) in [5.74, 6) is -3.13. The zero-order chi connectivity index (χ0) is 21.3. The van der Waals surface area contributed by atoms with Crippen molar-refractivity contribution in [1.29, 1.82) is 0 Å². The quantitative estimate of drug-likeness (QED) is 0.322. The molecule has 0 aliphatic rings. The van der Waals surface area contributed by atoms with Crippen molar-refractivity contribution in [1.82, 2.24) is 14.8 Å². The molecule has 1 atom stereocenters. The minimum Gasteiger partial charge on any atom is -0.483 e. The van der Waals surface area contributed by atoms with Gasteiger partial charge >= 0.3 is 12.4 Å². The first-order chi connectivity index (χ1) is 12.9. The maximum atomic E-state index is 13.0. The Morgan fingerprint density at radius 2 is 1.75 bits per heavy atom. The number of hydrogen-bond acceptors (Lipinski definition) is 4. The van der Waals surface area contributed by atoms with Crippen LogP contribution in [-0.4, -0.2) is 33.9 Å². The fourth-order valence-electron chi connectivity index (χ4n) is 1.97. The highest BCUT2D eigenvalue weighted by Gasteiger charge is 2.40. The molecule has 154 valence electrons. The molecule has 1 aromatic carbocycles. The van der Waals surface area contributed by atoms with E-state index in [1.54, 1.807) is 6.92 Å². The Balaban J connectivity index is 2.65. The molecular weight excluding hydrogens is 437 g/mol. The summed E-state index contributed by atoms with van der Waals surface area (Å²) in [4.78, 5) is 7.44. The van der Waals surface area contributed by atoms with Crippen LogP contribution in [0.2, 0.25) is 10.0 Å². The summed E-state index contributed by atoms with van der Waals surface area (Å²) in [7, 11) is 0. The van der Waals surface area contributed by atoms with E-state index in [1.165, 1.54) is 0 Å². The van der Waals surface area contributed by atoms with E-state index in [-0.39, 0.29) is 12.3 Å². The van der Waals surface area contributed by atoms with Crippen LogP contribution in [0.4, 0.5) is 32.3 Å². The number of aliphatic imine (C=N–C) groups is 1. The maximum Gasteiger partial charge on any atom is 0.416 e. The molecule has 1 unspecified atom stereocenters. The first-order valence-corrected chi connectivity index (χ1v) is 8.36. The van der Waals surface area contributed by atoms with Crippen LogP contribution in [0.25, 0.3) is 5.69 Å². The second-order valence-electron chi connectivity index (χ2n) is 5.42. The summed E-state index contributed by atoms with van der Waals surface area (Å²) in [6, 6.07) is 1.15. The molecule has 0 bridgehead atoms. The number of halogens is 8. The SMILES string of the molecule is CCO/C=N/c1nc(C(C)C(F)(F)F)nn1-c1c(Cl)cc(C(F)(F)F)cc1Cl. The molecule has 0 amide bonds. The highest BCUT2D eigenvalue weighted by molar-refractivity contribution is 6.37. The molecular formula is C15H12Cl2F6N4O. The number of ether oxygens (including phenoxy) is 1. The van der Waals surface area contributed by atoms with Crippen molar-refractivity contribution in [3.8, 4) is 5.69 Å². The number of hydrogen-bond donors (Lipinski definition) is 0. The molecule has 2 aromatic rings. The van der Waals surface area contributed by atoms with Crippen molar-refractivity contribution in [3.63, 3.8) is 0 Å². The van der Waals surface area contributed by atoms with Crippen molar-refractivity contribution in [2.45, 2.75) is 32.1 Å². The van der Waals surface area contributed by atoms with E-state index in [0.29, 0.717) is 12.1 Å². The lowest BCUT2D eigenvalue weighted by molar-refractivity contribution is -0.147. The van der Waals surface area contributed by atoms with Gasteiger partial charge in [0.05, 0.1) is 22.2 Å². The van der Waals surface area contributed by atoms with Crippen LogP contribution in [0, 0.1) is 0 Å². The predicted octanol–water partition coefficient (Wildman–Crippen LogP) is 5.96. The summed E-state index contributed by atoms with van der Waals surface area (Å²) in [6.07, 6.45) is -8.46. The Bertz CT molecular complexity index is 855. The van der Waals surface area contributed by atoms with Crippen LogP contribution in [0.5, 0.6) is 0 Å². The number of aromatic nitrogens is 3. The van der Waals surface area contributed by atoms with E-state index < -0.39 is 45.7 Å². The van der Waals surface area contributed by atoms with E-state index >= 15 is 0 Å². The van der Waals surface area contributed by atoms with Gasteiger partial charge in [0.15, 0.2) is 12.2 Å². The van der Waals surface area contributed by atoms with E-state index in [1.807, 2.05) is 0 Å². The van der Waals surface area contributed by atoms with Gasteiger partial charge in [0.2, 0.25) is 0 Å². The van der Waals surface area contributed by atoms with E-state index in [0.717, 1.165) is 18.0 Å². The number of benzene rings is 1. The van der Waals surface area contributed by atoms with Crippen LogP contribution < -0.4 is 0 Å². The van der Waals surface area contributed by atoms with Gasteiger partial charge in [0.25, 0.3) is 5.95 Å². The Hall–Kier alpha value is -2.01. The second-order valence-corrected chi connectivity index (χ2v) is 6.24. The van der Waals surface area contributed by atoms with Gasteiger partial charge in [-0.3, -0.25) is 0 Å². The lowest BCUT2D eigenvalue weighted by Gasteiger charge is -2.13. The molecule has 1 heterocycles. The average molecular weight is 449 g/mol. The van der Waals surface area contributed by atoms with Crippen LogP contribution in [0.3, 0.4) is 0 Å². The number of rotatable bonds is 5. The Kier molecular flexibility index (Phi) is 6.49. The smallest absolute Gasteiger partial charge is 0.416 e. The zero-order valence-electron chi connectivity index (χ0n) is 14.2. The minimum atomic E-state index is -4.72. The van der Waals surface area contributed by atoms with Crippen LogP contribution in [0.15, 0.2) is 17.1 Å². The molecule has 0 saturated carbocycles. The molecule has 13 heteroatoms. The Morgan fingerprint density at radius 1 is 1.18 bits per heavy atom. The molecule has 0 saturated heterocycles. The van der Waals surface area contributed by atoms with E-state index in [9.17, 15) is 26.3 Å². The molecule has 0 fully saturated rings. The summed E-state index contributed by atoms with van der Waals surface area (Å²) < 4.78 is 83.3. The van der Waals surface area contributed by atoms with Crippen molar-refractivity contribution in [2.75, 3.05) is 6.61 Å². The summed E-state index contributed by atoms with van der Waals surface area (Å²) >= 11 is 11.8. The van der Waals surface area contributed by atoms with Crippen LogP contribution >= 0.6 is 23.2 Å². The molecule has 1 aromatic heterocycles. The van der Waals surface area contributed by atoms with Gasteiger partial charge in [-0.05, 0) is 26.0 Å². The van der Waals surface area contributed by atoms with Crippen LogP contribution in [-0.2, 0) is 10.9 Å². The minimum absolute atomic E-state index is 0.214. The molecule has 2 rings (SSSR count). The van der Waals surface area contributed by atoms with Gasteiger partial charge in [0, 0.05) is 0 Å². The number of alkyl halides is 6. The van der Waals surface area contributed by atoms with E-state index in [2.05, 4.69) is 15.1 Å². The van der Waals surface area contributed by atoms with Gasteiger partial charge < -0.3 is 4.74 Å². The third-order valence-corrected chi connectivity index (χ3v) is 4.03. The van der Waals surface area contributed by atoms with Crippen molar-refractivity contribution in [3.05, 3.63) is 33.6 Å². The topological polar surface area (TPSA) is 52.3 Å². The molecule has 0 aliphatic heterocycles. The molecule has 28 heavy (non-hydrogen) atoms. The predicted molar refractivity (Wildman–Crippen MR) is 90.6 cm³/mol. The summed E-state index contributed by atoms with van der Waals surface area (Å²) in [5.41, 5.74) is -1.43. The second kappa shape index (κ2) is 8.16. The molecule has 0 N–H and O–H groups in total.